The van der Waals surface area contributed by atoms with Gasteiger partial charge in [0.05, 0.1) is 25.5 Å². The fourth-order valence-electron chi connectivity index (χ4n) is 1.68. The zero-order chi connectivity index (χ0) is 16.1. The molecular formula is C13H13N3O5S. The molecular weight excluding hydrogens is 310 g/mol. The molecule has 0 aliphatic heterocycles. The first-order valence-corrected chi connectivity index (χ1v) is 7.10. The first kappa shape index (κ1) is 15.8. The lowest BCUT2D eigenvalue weighted by Crippen LogP contribution is -2.25. The first-order valence-electron chi connectivity index (χ1n) is 6.12. The molecule has 0 aliphatic rings. The standard InChI is InChI=1S/C13H13N3O5S/c1-20-7-3-4-10(21-2)8(5-7)9(17)6-22-12-11(18)14-13(19)16-15-12/h3-5H,6H2,1-2H3,(H2,14,16,18,19). The number of ether oxygens (including phenoxy) is 2. The second-order valence-corrected chi connectivity index (χ2v) is 5.05. The van der Waals surface area contributed by atoms with Crippen LogP contribution in [-0.4, -0.2) is 40.9 Å². The Kier molecular flexibility index (Phi) is 4.99. The van der Waals surface area contributed by atoms with Gasteiger partial charge in [-0.1, -0.05) is 11.8 Å². The minimum absolute atomic E-state index is 0.00909. The van der Waals surface area contributed by atoms with Crippen molar-refractivity contribution in [3.63, 3.8) is 0 Å². The summed E-state index contributed by atoms with van der Waals surface area (Å²) in [5.41, 5.74) is -0.996. The van der Waals surface area contributed by atoms with Crippen LogP contribution in [0.1, 0.15) is 10.4 Å². The van der Waals surface area contributed by atoms with Gasteiger partial charge in [-0.05, 0) is 18.2 Å². The Balaban J connectivity index is 2.18. The molecule has 1 aromatic carbocycles. The van der Waals surface area contributed by atoms with Gasteiger partial charge in [-0.25, -0.2) is 9.89 Å². The van der Waals surface area contributed by atoms with Gasteiger partial charge < -0.3 is 9.47 Å². The van der Waals surface area contributed by atoms with Crippen molar-refractivity contribution in [2.45, 2.75) is 5.03 Å². The molecule has 0 amide bonds. The van der Waals surface area contributed by atoms with Crippen LogP contribution in [0, 0.1) is 0 Å². The SMILES string of the molecule is COc1ccc(OC)c(C(=O)CSc2n[nH]c(=O)[nH]c2=O)c1. The van der Waals surface area contributed by atoms with Crippen LogP contribution >= 0.6 is 11.8 Å². The van der Waals surface area contributed by atoms with Gasteiger partial charge in [-0.3, -0.25) is 14.6 Å². The third-order valence-electron chi connectivity index (χ3n) is 2.73. The third-order valence-corrected chi connectivity index (χ3v) is 3.68. The fourth-order valence-corrected chi connectivity index (χ4v) is 2.39. The van der Waals surface area contributed by atoms with Gasteiger partial charge >= 0.3 is 5.69 Å². The number of hydrogen-bond donors (Lipinski definition) is 2. The maximum atomic E-state index is 12.3. The third kappa shape index (κ3) is 3.55. The lowest BCUT2D eigenvalue weighted by Gasteiger charge is -2.09. The summed E-state index contributed by atoms with van der Waals surface area (Å²) in [5.74, 6) is 0.642. The van der Waals surface area contributed by atoms with E-state index < -0.39 is 11.2 Å². The number of ketones is 1. The highest BCUT2D eigenvalue weighted by molar-refractivity contribution is 7.99. The van der Waals surface area contributed by atoms with E-state index in [2.05, 4.69) is 10.2 Å². The smallest absolute Gasteiger partial charge is 0.342 e. The van der Waals surface area contributed by atoms with Gasteiger partial charge in [0, 0.05) is 0 Å². The number of methoxy groups -OCH3 is 2. The molecule has 0 saturated heterocycles. The Hall–Kier alpha value is -2.55. The number of aromatic nitrogens is 3. The molecule has 8 nitrogen and oxygen atoms in total. The van der Waals surface area contributed by atoms with E-state index in [1.54, 1.807) is 18.2 Å². The lowest BCUT2D eigenvalue weighted by atomic mass is 10.1. The van der Waals surface area contributed by atoms with Crippen molar-refractivity contribution in [2.24, 2.45) is 0 Å². The molecule has 0 atom stereocenters. The van der Waals surface area contributed by atoms with Crippen molar-refractivity contribution in [3.8, 4) is 11.5 Å². The number of nitrogens with zero attached hydrogens (tertiary/aromatic N) is 1. The van der Waals surface area contributed by atoms with Crippen LogP contribution in [0.15, 0.2) is 32.8 Å². The number of nitrogens with one attached hydrogen (secondary N) is 2. The molecule has 1 heterocycles. The Morgan fingerprint density at radius 1 is 1.27 bits per heavy atom. The maximum absolute atomic E-state index is 12.3. The van der Waals surface area contributed by atoms with Gasteiger partial charge in [-0.2, -0.15) is 5.10 Å². The summed E-state index contributed by atoms with van der Waals surface area (Å²) >= 11 is 0.920. The van der Waals surface area contributed by atoms with Crippen LogP contribution in [0.3, 0.4) is 0 Å². The number of rotatable bonds is 6. The van der Waals surface area contributed by atoms with Crippen molar-refractivity contribution in [1.82, 2.24) is 15.2 Å². The quantitative estimate of drug-likeness (QED) is 0.586. The summed E-state index contributed by atoms with van der Waals surface area (Å²) in [6, 6.07) is 4.87. The molecule has 2 aromatic rings. The van der Waals surface area contributed by atoms with E-state index in [4.69, 9.17) is 9.47 Å². The van der Waals surface area contributed by atoms with Crippen LogP contribution in [0.25, 0.3) is 0 Å². The van der Waals surface area contributed by atoms with Gasteiger partial charge in [0.1, 0.15) is 11.5 Å². The predicted octanol–water partition coefficient (Wildman–Crippen LogP) is 0.450. The van der Waals surface area contributed by atoms with Crippen molar-refractivity contribution in [1.29, 1.82) is 0 Å². The number of thioether (sulfide) groups is 1. The van der Waals surface area contributed by atoms with Crippen LogP contribution in [-0.2, 0) is 0 Å². The summed E-state index contributed by atoms with van der Waals surface area (Å²) < 4.78 is 10.2. The Labute approximate surface area is 128 Å². The van der Waals surface area contributed by atoms with E-state index in [1.807, 2.05) is 4.98 Å². The number of aromatic amines is 2. The molecule has 0 bridgehead atoms. The van der Waals surface area contributed by atoms with Crippen LogP contribution in [0.2, 0.25) is 0 Å². The first-order chi connectivity index (χ1) is 10.5. The van der Waals surface area contributed by atoms with E-state index in [-0.39, 0.29) is 16.6 Å². The highest BCUT2D eigenvalue weighted by Gasteiger charge is 2.15. The molecule has 0 radical (unpaired) electrons. The van der Waals surface area contributed by atoms with E-state index in [0.29, 0.717) is 17.1 Å². The monoisotopic (exact) mass is 323 g/mol. The van der Waals surface area contributed by atoms with E-state index >= 15 is 0 Å². The minimum atomic E-state index is -0.699. The molecule has 1 aromatic heterocycles. The van der Waals surface area contributed by atoms with Crippen molar-refractivity contribution in [2.75, 3.05) is 20.0 Å². The largest absolute Gasteiger partial charge is 0.497 e. The molecule has 9 heteroatoms. The molecule has 0 aliphatic carbocycles. The van der Waals surface area contributed by atoms with Gasteiger partial charge in [0.15, 0.2) is 10.8 Å². The second-order valence-electron chi connectivity index (χ2n) is 4.09. The number of Topliss-reactive ketones (excluding diaryl/α,β-unsaturated/α-hetero) is 1. The van der Waals surface area contributed by atoms with E-state index in [9.17, 15) is 14.4 Å². The normalized spacial score (nSPS) is 10.3. The summed E-state index contributed by atoms with van der Waals surface area (Å²) in [5, 5.41) is 5.71. The van der Waals surface area contributed by atoms with Crippen molar-refractivity contribution < 1.29 is 14.3 Å². The topological polar surface area (TPSA) is 114 Å². The zero-order valence-electron chi connectivity index (χ0n) is 11.8. The van der Waals surface area contributed by atoms with Gasteiger partial charge in [-0.15, -0.1) is 0 Å². The Morgan fingerprint density at radius 3 is 2.68 bits per heavy atom. The number of hydrogen-bond acceptors (Lipinski definition) is 7. The highest BCUT2D eigenvalue weighted by Crippen LogP contribution is 2.25. The average Bonchev–Trinajstić information content (AvgIpc) is 2.53. The van der Waals surface area contributed by atoms with Crippen molar-refractivity contribution >= 4 is 17.5 Å². The van der Waals surface area contributed by atoms with E-state index in [1.165, 1.54) is 14.2 Å². The molecule has 0 fully saturated rings. The predicted molar refractivity (Wildman–Crippen MR) is 80.1 cm³/mol. The Bertz CT molecular complexity index is 799. The zero-order valence-corrected chi connectivity index (χ0v) is 12.7. The molecule has 116 valence electrons. The average molecular weight is 323 g/mol. The number of carbonyl (C=O) groups is 1. The van der Waals surface area contributed by atoms with Gasteiger partial charge in [0.2, 0.25) is 0 Å². The molecule has 0 spiro atoms. The summed E-state index contributed by atoms with van der Waals surface area (Å²) in [7, 11) is 2.95. The summed E-state index contributed by atoms with van der Waals surface area (Å²) in [6.45, 7) is 0. The summed E-state index contributed by atoms with van der Waals surface area (Å²) in [4.78, 5) is 36.7. The van der Waals surface area contributed by atoms with Gasteiger partial charge in [0.25, 0.3) is 5.56 Å². The number of benzene rings is 1. The van der Waals surface area contributed by atoms with Crippen molar-refractivity contribution in [3.05, 3.63) is 44.6 Å². The lowest BCUT2D eigenvalue weighted by molar-refractivity contribution is 0.101. The second kappa shape index (κ2) is 6.94. The number of carbonyl (C=O) groups excluding carboxylic acids is 1. The van der Waals surface area contributed by atoms with Crippen LogP contribution in [0.4, 0.5) is 0 Å². The Morgan fingerprint density at radius 2 is 2.05 bits per heavy atom. The molecule has 2 rings (SSSR count). The molecule has 22 heavy (non-hydrogen) atoms. The van der Waals surface area contributed by atoms with Crippen LogP contribution < -0.4 is 20.7 Å². The summed E-state index contributed by atoms with van der Waals surface area (Å²) in [6.07, 6.45) is 0. The maximum Gasteiger partial charge on any atom is 0.342 e. The molecule has 2 N–H and O–H groups in total. The molecule has 0 saturated carbocycles. The number of H-pyrrole nitrogens is 2. The van der Waals surface area contributed by atoms with Crippen LogP contribution in [0.5, 0.6) is 11.5 Å². The van der Waals surface area contributed by atoms with E-state index in [0.717, 1.165) is 11.8 Å². The highest BCUT2D eigenvalue weighted by atomic mass is 32.2. The molecule has 0 unspecified atom stereocenters. The minimum Gasteiger partial charge on any atom is -0.497 e. The fraction of sp³-hybridized carbons (Fsp3) is 0.231.